The Hall–Kier alpha value is 0.270. The van der Waals surface area contributed by atoms with Crippen LogP contribution in [0.3, 0.4) is 0 Å². The Labute approximate surface area is 222 Å². The van der Waals surface area contributed by atoms with Crippen molar-refractivity contribution in [2.75, 3.05) is 13.7 Å². The predicted octanol–water partition coefficient (Wildman–Crippen LogP) is -4.23. The number of benzene rings is 1. The number of phosphoric acid groups is 1. The second-order valence-electron chi connectivity index (χ2n) is 6.53. The second kappa shape index (κ2) is 17.8. The number of hydrogen-bond donors (Lipinski definition) is 1. The molecular formula is C19H28NNa2O7P. The molecule has 11 heteroatoms. The van der Waals surface area contributed by atoms with Gasteiger partial charge in [0, 0.05) is 6.42 Å². The molecule has 0 spiro atoms. The number of amides is 1. The zero-order chi connectivity index (χ0) is 21.0. The summed E-state index contributed by atoms with van der Waals surface area (Å²) in [7, 11) is -3.90. The zero-order valence-corrected chi connectivity index (χ0v) is 23.2. The van der Waals surface area contributed by atoms with Crippen molar-refractivity contribution in [1.82, 2.24) is 5.32 Å². The third-order valence-electron chi connectivity index (χ3n) is 4.17. The van der Waals surface area contributed by atoms with Crippen LogP contribution in [0.25, 0.3) is 0 Å². The van der Waals surface area contributed by atoms with Crippen LogP contribution < -0.4 is 74.2 Å². The molecule has 0 aliphatic heterocycles. The van der Waals surface area contributed by atoms with E-state index in [1.54, 1.807) is 24.3 Å². The second-order valence-corrected chi connectivity index (χ2v) is 7.68. The van der Waals surface area contributed by atoms with Gasteiger partial charge in [-0.1, -0.05) is 56.9 Å². The molecule has 0 radical (unpaired) electrons. The normalized spacial score (nSPS) is 11.6. The van der Waals surface area contributed by atoms with Gasteiger partial charge < -0.3 is 28.9 Å². The molecule has 0 aliphatic rings. The first-order valence-corrected chi connectivity index (χ1v) is 10.8. The summed E-state index contributed by atoms with van der Waals surface area (Å²) in [4.78, 5) is 45.4. The number of rotatable bonds is 13. The van der Waals surface area contributed by atoms with Crippen LogP contribution in [0, 0.1) is 0 Å². The first kappa shape index (κ1) is 32.4. The van der Waals surface area contributed by atoms with Crippen LogP contribution in [0.2, 0.25) is 0 Å². The molecule has 0 saturated heterocycles. The van der Waals surface area contributed by atoms with E-state index in [1.165, 1.54) is 7.11 Å². The fourth-order valence-electron chi connectivity index (χ4n) is 2.70. The minimum absolute atomic E-state index is 0. The van der Waals surface area contributed by atoms with E-state index >= 15 is 0 Å². The molecule has 158 valence electrons. The van der Waals surface area contributed by atoms with Crippen LogP contribution >= 0.6 is 7.82 Å². The van der Waals surface area contributed by atoms with E-state index in [1.807, 2.05) is 0 Å². The van der Waals surface area contributed by atoms with Crippen LogP contribution in [-0.4, -0.2) is 25.6 Å². The first-order valence-electron chi connectivity index (χ1n) is 9.36. The molecule has 1 aromatic rings. The Balaban J connectivity index is 0. The summed E-state index contributed by atoms with van der Waals surface area (Å²) in [6, 6.07) is 5.87. The molecule has 0 saturated carbocycles. The van der Waals surface area contributed by atoms with Gasteiger partial charge in [-0.2, -0.15) is 0 Å². The molecule has 1 atom stereocenters. The fourth-order valence-corrected chi connectivity index (χ4v) is 3.03. The summed E-state index contributed by atoms with van der Waals surface area (Å²) in [6.45, 7) is 1.60. The molecular weight excluding hydrogens is 431 g/mol. The van der Waals surface area contributed by atoms with E-state index in [0.717, 1.165) is 32.1 Å². The Morgan fingerprint density at radius 3 is 2.40 bits per heavy atom. The third kappa shape index (κ3) is 15.1. The number of methoxy groups -OCH3 is 1. The number of hydrogen-bond acceptors (Lipinski definition) is 7. The Morgan fingerprint density at radius 2 is 1.80 bits per heavy atom. The molecule has 30 heavy (non-hydrogen) atoms. The molecule has 0 fully saturated rings. The van der Waals surface area contributed by atoms with Crippen LogP contribution in [0.15, 0.2) is 24.3 Å². The van der Waals surface area contributed by atoms with E-state index in [0.29, 0.717) is 17.5 Å². The predicted molar refractivity (Wildman–Crippen MR) is 100.0 cm³/mol. The van der Waals surface area contributed by atoms with Gasteiger partial charge in [0.2, 0.25) is 5.91 Å². The summed E-state index contributed by atoms with van der Waals surface area (Å²) < 4.78 is 19.9. The van der Waals surface area contributed by atoms with Gasteiger partial charge in [0.05, 0.1) is 34.0 Å². The summed E-state index contributed by atoms with van der Waals surface area (Å²) in [5, 5.41) is 2.71. The molecule has 0 bridgehead atoms. The zero-order valence-electron chi connectivity index (χ0n) is 18.3. The van der Waals surface area contributed by atoms with E-state index < -0.39 is 26.4 Å². The molecule has 8 nitrogen and oxygen atoms in total. The van der Waals surface area contributed by atoms with Gasteiger partial charge in [-0.3, -0.25) is 9.59 Å². The van der Waals surface area contributed by atoms with Crippen molar-refractivity contribution in [3.63, 3.8) is 0 Å². The van der Waals surface area contributed by atoms with Crippen molar-refractivity contribution in [2.45, 2.75) is 57.9 Å². The van der Waals surface area contributed by atoms with Crippen LogP contribution in [0.1, 0.15) is 62.6 Å². The van der Waals surface area contributed by atoms with Crippen molar-refractivity contribution in [3.05, 3.63) is 35.4 Å². The smallest absolute Gasteiger partial charge is 0.790 e. The third-order valence-corrected chi connectivity index (χ3v) is 4.64. The van der Waals surface area contributed by atoms with E-state index in [-0.39, 0.29) is 71.4 Å². The number of esters is 1. The van der Waals surface area contributed by atoms with Gasteiger partial charge in [0.15, 0.2) is 0 Å². The summed E-state index contributed by atoms with van der Waals surface area (Å²) in [5.74, 6) is -0.681. The van der Waals surface area contributed by atoms with Gasteiger partial charge in [-0.05, 0) is 17.5 Å². The maximum atomic E-state index is 12.2. The number of unbranched alkanes of at least 4 members (excludes halogenated alkanes) is 4. The molecule has 0 aliphatic carbocycles. The van der Waals surface area contributed by atoms with E-state index in [9.17, 15) is 23.9 Å². The molecule has 0 heterocycles. The van der Waals surface area contributed by atoms with Gasteiger partial charge in [-0.25, -0.2) is 0 Å². The number of nitrogens with one attached hydrogen (secondary N) is 1. The maximum Gasteiger partial charge on any atom is 1.00 e. The van der Waals surface area contributed by atoms with Gasteiger partial charge >= 0.3 is 65.1 Å². The molecule has 1 aromatic carbocycles. The monoisotopic (exact) mass is 459 g/mol. The average Bonchev–Trinajstić information content (AvgIpc) is 2.64. The van der Waals surface area contributed by atoms with Crippen molar-refractivity contribution >= 4 is 19.7 Å². The van der Waals surface area contributed by atoms with E-state index in [2.05, 4.69) is 21.5 Å². The number of carbonyl (C=O) groups excluding carboxylic acids is 2. The molecule has 1 N–H and O–H groups in total. The Bertz CT molecular complexity index is 685. The van der Waals surface area contributed by atoms with Crippen molar-refractivity contribution in [2.24, 2.45) is 0 Å². The molecule has 1 rings (SSSR count). The first-order chi connectivity index (χ1) is 13.2. The number of phosphoric ester groups is 1. The standard InChI is InChI=1S/C19H30NO7P.2Na/c1-3-4-5-6-7-11-18(21)20-17(14-27-28(23,24)25)16-10-8-9-15(12-16)13-19(22)26-2;;/h8-10,12,17H,3-7,11,13-14H2,1-2H3,(H,20,21)(H2,23,24,25);;/q;2*+1/p-2. The van der Waals surface area contributed by atoms with Gasteiger partial charge in [0.1, 0.15) is 0 Å². The summed E-state index contributed by atoms with van der Waals surface area (Å²) in [5.41, 5.74) is 1.17. The van der Waals surface area contributed by atoms with Crippen LogP contribution in [0.4, 0.5) is 0 Å². The van der Waals surface area contributed by atoms with Gasteiger partial charge in [-0.15, -0.1) is 0 Å². The van der Waals surface area contributed by atoms with Crippen LogP contribution in [0.5, 0.6) is 0 Å². The van der Waals surface area contributed by atoms with E-state index in [4.69, 9.17) is 0 Å². The topological polar surface area (TPSA) is 128 Å². The minimum Gasteiger partial charge on any atom is -0.790 e. The van der Waals surface area contributed by atoms with Gasteiger partial charge in [0.25, 0.3) is 0 Å². The molecule has 1 unspecified atom stereocenters. The summed E-state index contributed by atoms with van der Waals surface area (Å²) >= 11 is 0. The van der Waals surface area contributed by atoms with Crippen molar-refractivity contribution in [1.29, 1.82) is 0 Å². The molecule has 0 aromatic heterocycles. The molecule has 1 amide bonds. The maximum absolute atomic E-state index is 12.2. The Kier molecular flexibility index (Phi) is 19.2. The quantitative estimate of drug-likeness (QED) is 0.137. The van der Waals surface area contributed by atoms with Crippen LogP contribution in [-0.2, 0) is 29.8 Å². The summed E-state index contributed by atoms with van der Waals surface area (Å²) in [6.07, 6.45) is 5.28. The number of ether oxygens (including phenoxy) is 1. The largest absolute Gasteiger partial charge is 1.00 e. The van der Waals surface area contributed by atoms with Crippen molar-refractivity contribution < 1.29 is 92.3 Å². The number of carbonyl (C=O) groups is 2. The SMILES string of the molecule is CCCCCCCC(=O)NC(COP(=O)([O-])[O-])c1cccc(CC(=O)OC)c1.[Na+].[Na+]. The fraction of sp³-hybridized carbons (Fsp3) is 0.579. The minimum atomic E-state index is -5.18. The van der Waals surface area contributed by atoms with Crippen molar-refractivity contribution in [3.8, 4) is 0 Å². The average molecular weight is 459 g/mol. The Morgan fingerprint density at radius 1 is 1.13 bits per heavy atom.